The van der Waals surface area contributed by atoms with Crippen LogP contribution in [0.1, 0.15) is 33.1 Å². The molecule has 2 rings (SSSR count). The number of aryl methyl sites for hydroxylation is 4. The first-order valence-corrected chi connectivity index (χ1v) is 7.41. The second-order valence-electron chi connectivity index (χ2n) is 5.02. The van der Waals surface area contributed by atoms with Crippen LogP contribution in [0.25, 0.3) is 0 Å². The molecule has 0 amide bonds. The number of hydrogen-bond acceptors (Lipinski definition) is 0. The Morgan fingerprint density at radius 2 is 1.21 bits per heavy atom. The van der Waals surface area contributed by atoms with E-state index >= 15 is 0 Å². The molecular formula is C15H26N4+2. The van der Waals surface area contributed by atoms with Crippen LogP contribution in [0, 0.1) is 0 Å². The van der Waals surface area contributed by atoms with E-state index in [1.165, 1.54) is 19.3 Å². The van der Waals surface area contributed by atoms with E-state index in [9.17, 15) is 0 Å². The van der Waals surface area contributed by atoms with Gasteiger partial charge in [-0.05, 0) is 33.1 Å². The second-order valence-corrected chi connectivity index (χ2v) is 5.02. The lowest BCUT2D eigenvalue weighted by Gasteiger charge is -1.98. The first kappa shape index (κ1) is 13.8. The molecule has 0 bridgehead atoms. The summed E-state index contributed by atoms with van der Waals surface area (Å²) in [6, 6.07) is 0. The fourth-order valence-corrected chi connectivity index (χ4v) is 2.28. The number of aromatic nitrogens is 4. The van der Waals surface area contributed by atoms with Crippen LogP contribution < -0.4 is 9.13 Å². The summed E-state index contributed by atoms with van der Waals surface area (Å²) in [5.74, 6) is 0. The molecule has 104 valence electrons. The predicted octanol–water partition coefficient (Wildman–Crippen LogP) is 1.77. The van der Waals surface area contributed by atoms with Gasteiger partial charge in [0.2, 0.25) is 12.7 Å². The SMILES string of the molecule is CCn1cc[n+](CCCCC[n+]2ccn(CC)c2)c1. The van der Waals surface area contributed by atoms with E-state index in [1.54, 1.807) is 0 Å². The van der Waals surface area contributed by atoms with Crippen LogP contribution in [0.2, 0.25) is 0 Å². The largest absolute Gasteiger partial charge is 0.243 e. The zero-order chi connectivity index (χ0) is 13.5. The quantitative estimate of drug-likeness (QED) is 0.510. The van der Waals surface area contributed by atoms with E-state index in [0.29, 0.717) is 0 Å². The maximum atomic E-state index is 2.28. The molecule has 0 aliphatic carbocycles. The molecule has 2 aromatic rings. The van der Waals surface area contributed by atoms with Gasteiger partial charge in [0.05, 0.1) is 26.2 Å². The van der Waals surface area contributed by atoms with Gasteiger partial charge in [0.25, 0.3) is 0 Å². The van der Waals surface area contributed by atoms with Crippen LogP contribution in [0.4, 0.5) is 0 Å². The van der Waals surface area contributed by atoms with Crippen molar-refractivity contribution in [2.75, 3.05) is 0 Å². The fraction of sp³-hybridized carbons (Fsp3) is 0.600. The van der Waals surface area contributed by atoms with Crippen molar-refractivity contribution in [2.45, 2.75) is 59.3 Å². The summed E-state index contributed by atoms with van der Waals surface area (Å²) in [5.41, 5.74) is 0. The lowest BCUT2D eigenvalue weighted by Crippen LogP contribution is -2.32. The first-order chi connectivity index (χ1) is 9.31. The van der Waals surface area contributed by atoms with Gasteiger partial charge < -0.3 is 0 Å². The van der Waals surface area contributed by atoms with Gasteiger partial charge in [-0.15, -0.1) is 0 Å². The van der Waals surface area contributed by atoms with E-state index in [4.69, 9.17) is 0 Å². The van der Waals surface area contributed by atoms with Gasteiger partial charge in [0.1, 0.15) is 24.8 Å². The Bertz CT molecular complexity index is 440. The van der Waals surface area contributed by atoms with Gasteiger partial charge in [-0.25, -0.2) is 18.3 Å². The summed E-state index contributed by atoms with van der Waals surface area (Å²) in [6.45, 7) is 8.71. The van der Waals surface area contributed by atoms with Crippen LogP contribution in [-0.2, 0) is 26.2 Å². The highest BCUT2D eigenvalue weighted by atomic mass is 15.1. The number of unbranched alkanes of at least 4 members (excludes halogenated alkanes) is 2. The monoisotopic (exact) mass is 262 g/mol. The molecule has 0 aliphatic heterocycles. The van der Waals surface area contributed by atoms with Gasteiger partial charge in [-0.3, -0.25) is 0 Å². The molecular weight excluding hydrogens is 236 g/mol. The van der Waals surface area contributed by atoms with Gasteiger partial charge in [0, 0.05) is 0 Å². The molecule has 0 atom stereocenters. The minimum Gasteiger partial charge on any atom is -0.237 e. The Kier molecular flexibility index (Phi) is 5.19. The summed E-state index contributed by atoms with van der Waals surface area (Å²) in [6.07, 6.45) is 16.8. The van der Waals surface area contributed by atoms with E-state index in [1.807, 2.05) is 0 Å². The topological polar surface area (TPSA) is 17.6 Å². The van der Waals surface area contributed by atoms with Gasteiger partial charge in [-0.2, -0.15) is 0 Å². The number of hydrogen-bond donors (Lipinski definition) is 0. The highest BCUT2D eigenvalue weighted by molar-refractivity contribution is 4.65. The highest BCUT2D eigenvalue weighted by Crippen LogP contribution is 1.96. The number of rotatable bonds is 8. The summed E-state index contributed by atoms with van der Waals surface area (Å²) < 4.78 is 8.99. The van der Waals surface area contributed by atoms with E-state index < -0.39 is 0 Å². The summed E-state index contributed by atoms with van der Waals surface area (Å²) in [7, 11) is 0. The summed E-state index contributed by atoms with van der Waals surface area (Å²) >= 11 is 0. The normalized spacial score (nSPS) is 11.1. The van der Waals surface area contributed by atoms with E-state index in [2.05, 4.69) is 69.6 Å². The van der Waals surface area contributed by atoms with E-state index in [0.717, 1.165) is 26.2 Å². The smallest absolute Gasteiger partial charge is 0.237 e. The molecule has 0 spiro atoms. The van der Waals surface area contributed by atoms with Crippen molar-refractivity contribution in [1.82, 2.24) is 9.13 Å². The van der Waals surface area contributed by atoms with Gasteiger partial charge in [0.15, 0.2) is 0 Å². The molecule has 0 saturated carbocycles. The van der Waals surface area contributed by atoms with Gasteiger partial charge >= 0.3 is 0 Å². The summed E-state index contributed by atoms with van der Waals surface area (Å²) in [5, 5.41) is 0. The predicted molar refractivity (Wildman–Crippen MR) is 74.5 cm³/mol. The maximum absolute atomic E-state index is 2.28. The molecule has 0 aliphatic rings. The van der Waals surface area contributed by atoms with Crippen LogP contribution in [0.3, 0.4) is 0 Å². The Morgan fingerprint density at radius 1 is 0.737 bits per heavy atom. The van der Waals surface area contributed by atoms with E-state index in [-0.39, 0.29) is 0 Å². The number of imidazole rings is 2. The van der Waals surface area contributed by atoms with Crippen molar-refractivity contribution in [2.24, 2.45) is 0 Å². The molecule has 4 heteroatoms. The Labute approximate surface area is 115 Å². The average molecular weight is 262 g/mol. The molecule has 0 radical (unpaired) electrons. The zero-order valence-electron chi connectivity index (χ0n) is 12.2. The van der Waals surface area contributed by atoms with Crippen LogP contribution >= 0.6 is 0 Å². The van der Waals surface area contributed by atoms with Gasteiger partial charge in [-0.1, -0.05) is 0 Å². The standard InChI is InChI=1S/C15H26N4/c1-3-16-10-12-18(14-16)8-6-5-7-9-19-13-11-17(4-2)15-19/h10-15H,3-9H2,1-2H3/q+2. The molecule has 2 heterocycles. The van der Waals surface area contributed by atoms with Crippen molar-refractivity contribution in [3.05, 3.63) is 37.4 Å². The summed E-state index contributed by atoms with van der Waals surface area (Å²) in [4.78, 5) is 0. The molecule has 0 aromatic carbocycles. The van der Waals surface area contributed by atoms with Crippen molar-refractivity contribution in [3.8, 4) is 0 Å². The molecule has 0 saturated heterocycles. The van der Waals surface area contributed by atoms with Crippen molar-refractivity contribution >= 4 is 0 Å². The highest BCUT2D eigenvalue weighted by Gasteiger charge is 2.03. The molecule has 0 N–H and O–H groups in total. The maximum Gasteiger partial charge on any atom is 0.243 e. The van der Waals surface area contributed by atoms with Crippen molar-refractivity contribution in [1.29, 1.82) is 0 Å². The molecule has 2 aromatic heterocycles. The Hall–Kier alpha value is -1.58. The fourth-order valence-electron chi connectivity index (χ4n) is 2.28. The second kappa shape index (κ2) is 7.12. The van der Waals surface area contributed by atoms with Crippen LogP contribution in [0.5, 0.6) is 0 Å². The molecule has 0 unspecified atom stereocenters. The third-order valence-electron chi connectivity index (χ3n) is 3.56. The van der Waals surface area contributed by atoms with Crippen molar-refractivity contribution < 1.29 is 9.13 Å². The third-order valence-corrected chi connectivity index (χ3v) is 3.56. The molecule has 19 heavy (non-hydrogen) atoms. The Morgan fingerprint density at radius 3 is 1.58 bits per heavy atom. The van der Waals surface area contributed by atoms with Crippen LogP contribution in [-0.4, -0.2) is 9.13 Å². The minimum atomic E-state index is 1.05. The molecule has 0 fully saturated rings. The first-order valence-electron chi connectivity index (χ1n) is 7.41. The number of nitrogens with zero attached hydrogens (tertiary/aromatic N) is 4. The van der Waals surface area contributed by atoms with Crippen LogP contribution in [0.15, 0.2) is 37.4 Å². The minimum absolute atomic E-state index is 1.05. The average Bonchev–Trinajstić information content (AvgIpc) is 3.06. The molecule has 4 nitrogen and oxygen atoms in total. The Balaban J connectivity index is 1.61. The lowest BCUT2D eigenvalue weighted by molar-refractivity contribution is -0.700. The zero-order valence-corrected chi connectivity index (χ0v) is 12.2. The lowest BCUT2D eigenvalue weighted by atomic mass is 10.2. The van der Waals surface area contributed by atoms with Crippen molar-refractivity contribution in [3.63, 3.8) is 0 Å². The third kappa shape index (κ3) is 4.23.